The van der Waals surface area contributed by atoms with Crippen molar-refractivity contribution in [2.45, 2.75) is 43.4 Å². The maximum absolute atomic E-state index is 5.77. The number of oxazole rings is 1. The first-order chi connectivity index (χ1) is 7.97. The van der Waals surface area contributed by atoms with E-state index in [-0.39, 0.29) is 10.7 Å². The normalized spacial score (nSPS) is 13.9. The van der Waals surface area contributed by atoms with E-state index in [1.54, 1.807) is 24.2 Å². The van der Waals surface area contributed by atoms with Crippen LogP contribution in [-0.4, -0.2) is 20.4 Å². The smallest absolute Gasteiger partial charge is 0.207 e. The Morgan fingerprint density at radius 1 is 1.35 bits per heavy atom. The molecule has 2 aromatic heterocycles. The number of hydrogen-bond donors (Lipinski definition) is 1. The highest BCUT2D eigenvalue weighted by Crippen LogP contribution is 2.34. The molecular weight excluding hydrogens is 236 g/mol. The van der Waals surface area contributed by atoms with E-state index in [1.165, 1.54) is 0 Å². The fourth-order valence-electron chi connectivity index (χ4n) is 1.30. The Morgan fingerprint density at radius 2 is 2.12 bits per heavy atom. The Kier molecular flexibility index (Phi) is 3.24. The summed E-state index contributed by atoms with van der Waals surface area (Å²) in [6.07, 6.45) is 3.49. The van der Waals surface area contributed by atoms with E-state index in [4.69, 9.17) is 4.42 Å². The van der Waals surface area contributed by atoms with Crippen molar-refractivity contribution in [2.75, 3.05) is 0 Å². The molecule has 0 amide bonds. The molecule has 0 aliphatic heterocycles. The molecule has 0 saturated carbocycles. The van der Waals surface area contributed by atoms with Gasteiger partial charge in [0.1, 0.15) is 10.8 Å². The third-order valence-electron chi connectivity index (χ3n) is 2.30. The minimum absolute atomic E-state index is 0.0104. The second-order valence-corrected chi connectivity index (χ2v) is 6.24. The molecular formula is C11H16N4OS. The van der Waals surface area contributed by atoms with E-state index in [9.17, 15) is 0 Å². The van der Waals surface area contributed by atoms with E-state index >= 15 is 0 Å². The minimum atomic E-state index is -0.0104. The van der Waals surface area contributed by atoms with Gasteiger partial charge in [-0.25, -0.2) is 4.98 Å². The van der Waals surface area contributed by atoms with Gasteiger partial charge in [-0.05, 0) is 6.92 Å². The number of rotatable bonds is 3. The van der Waals surface area contributed by atoms with Crippen LogP contribution in [0.25, 0.3) is 0 Å². The monoisotopic (exact) mass is 252 g/mol. The zero-order valence-corrected chi connectivity index (χ0v) is 11.2. The van der Waals surface area contributed by atoms with E-state index in [1.807, 2.05) is 6.92 Å². The van der Waals surface area contributed by atoms with Crippen molar-refractivity contribution >= 4 is 11.8 Å². The van der Waals surface area contributed by atoms with Gasteiger partial charge in [0.25, 0.3) is 0 Å². The molecule has 2 heterocycles. The maximum Gasteiger partial charge on any atom is 0.207 e. The summed E-state index contributed by atoms with van der Waals surface area (Å²) >= 11 is 1.57. The average Bonchev–Trinajstić information content (AvgIpc) is 2.85. The van der Waals surface area contributed by atoms with Crippen LogP contribution in [-0.2, 0) is 5.41 Å². The number of hydrogen-bond acceptors (Lipinski definition) is 5. The van der Waals surface area contributed by atoms with E-state index in [2.05, 4.69) is 41.2 Å². The fraction of sp³-hybridized carbons (Fsp3) is 0.545. The van der Waals surface area contributed by atoms with Crippen molar-refractivity contribution in [3.63, 3.8) is 0 Å². The summed E-state index contributed by atoms with van der Waals surface area (Å²) in [5.41, 5.74) is -0.0104. The Balaban J connectivity index is 2.10. The van der Waals surface area contributed by atoms with Gasteiger partial charge < -0.3 is 4.42 Å². The summed E-state index contributed by atoms with van der Waals surface area (Å²) in [4.78, 5) is 4.32. The highest BCUT2D eigenvalue weighted by atomic mass is 32.2. The van der Waals surface area contributed by atoms with Crippen LogP contribution in [0.3, 0.4) is 0 Å². The lowest BCUT2D eigenvalue weighted by molar-refractivity contribution is 0.383. The molecule has 1 atom stereocenters. The van der Waals surface area contributed by atoms with Crippen molar-refractivity contribution in [3.05, 3.63) is 24.0 Å². The van der Waals surface area contributed by atoms with Crippen LogP contribution in [0.15, 0.2) is 21.8 Å². The Labute approximate surface area is 104 Å². The van der Waals surface area contributed by atoms with Gasteiger partial charge >= 0.3 is 0 Å². The highest BCUT2D eigenvalue weighted by Gasteiger charge is 2.22. The molecule has 1 N–H and O–H groups in total. The van der Waals surface area contributed by atoms with Crippen LogP contribution in [0.4, 0.5) is 0 Å². The number of aromatic amines is 1. The maximum atomic E-state index is 5.77. The summed E-state index contributed by atoms with van der Waals surface area (Å²) in [5, 5.41) is 11.3. The molecule has 5 nitrogen and oxygen atoms in total. The Morgan fingerprint density at radius 3 is 2.65 bits per heavy atom. The van der Waals surface area contributed by atoms with Gasteiger partial charge in [0.2, 0.25) is 5.89 Å². The van der Waals surface area contributed by atoms with Crippen LogP contribution in [0.1, 0.15) is 44.6 Å². The molecule has 0 aliphatic carbocycles. The van der Waals surface area contributed by atoms with Gasteiger partial charge in [0.05, 0.1) is 17.6 Å². The molecule has 0 fully saturated rings. The van der Waals surface area contributed by atoms with Crippen molar-refractivity contribution in [1.29, 1.82) is 0 Å². The Hall–Kier alpha value is -1.30. The molecule has 0 aromatic carbocycles. The van der Waals surface area contributed by atoms with E-state index in [0.717, 1.165) is 16.7 Å². The third-order valence-corrected chi connectivity index (χ3v) is 3.29. The molecule has 0 unspecified atom stereocenters. The lowest BCUT2D eigenvalue weighted by atomic mass is 9.94. The summed E-state index contributed by atoms with van der Waals surface area (Å²) in [7, 11) is 0. The number of nitrogens with one attached hydrogen (secondary N) is 1. The third kappa shape index (κ3) is 2.88. The zero-order valence-electron chi connectivity index (χ0n) is 10.4. The van der Waals surface area contributed by atoms with Gasteiger partial charge in [0, 0.05) is 5.41 Å². The van der Waals surface area contributed by atoms with Crippen molar-refractivity contribution < 1.29 is 4.42 Å². The summed E-state index contributed by atoms with van der Waals surface area (Å²) in [5.74, 6) is 1.63. The van der Waals surface area contributed by atoms with Crippen molar-refractivity contribution in [3.8, 4) is 0 Å². The first-order valence-electron chi connectivity index (χ1n) is 5.45. The lowest BCUT2D eigenvalue weighted by Gasteiger charge is -2.13. The topological polar surface area (TPSA) is 67.6 Å². The SMILES string of the molecule is C[C@H](Sc1cn[nH]n1)c1ncc(C(C)(C)C)o1. The van der Waals surface area contributed by atoms with E-state index in [0.29, 0.717) is 0 Å². The lowest BCUT2D eigenvalue weighted by Crippen LogP contribution is -2.09. The average molecular weight is 252 g/mol. The molecule has 0 bridgehead atoms. The predicted octanol–water partition coefficient (Wildman–Crippen LogP) is 2.94. The minimum Gasteiger partial charge on any atom is -0.444 e. The van der Waals surface area contributed by atoms with Crippen LogP contribution in [0, 0.1) is 0 Å². The van der Waals surface area contributed by atoms with Gasteiger partial charge in [-0.1, -0.05) is 32.5 Å². The number of nitrogens with zero attached hydrogens (tertiary/aromatic N) is 3. The summed E-state index contributed by atoms with van der Waals surface area (Å²) in [6.45, 7) is 8.35. The molecule has 6 heteroatoms. The molecule has 2 rings (SSSR count). The number of thioether (sulfide) groups is 1. The Bertz CT molecular complexity index is 472. The van der Waals surface area contributed by atoms with Crippen molar-refractivity contribution in [1.82, 2.24) is 20.4 Å². The van der Waals surface area contributed by atoms with E-state index < -0.39 is 0 Å². The molecule has 17 heavy (non-hydrogen) atoms. The second-order valence-electron chi connectivity index (χ2n) is 4.88. The number of H-pyrrole nitrogens is 1. The van der Waals surface area contributed by atoms with Crippen LogP contribution in [0.5, 0.6) is 0 Å². The molecule has 2 aromatic rings. The summed E-state index contributed by atoms with van der Waals surface area (Å²) < 4.78 is 5.77. The first-order valence-corrected chi connectivity index (χ1v) is 6.33. The quantitative estimate of drug-likeness (QED) is 0.851. The van der Waals surface area contributed by atoms with Gasteiger partial charge in [-0.2, -0.15) is 10.3 Å². The number of aromatic nitrogens is 4. The predicted molar refractivity (Wildman–Crippen MR) is 65.9 cm³/mol. The first kappa shape index (κ1) is 12.2. The second kappa shape index (κ2) is 4.52. The van der Waals surface area contributed by atoms with Crippen LogP contribution < -0.4 is 0 Å². The molecule has 92 valence electrons. The standard InChI is InChI=1S/C11H16N4OS/c1-7(17-9-6-13-15-14-9)10-12-5-8(16-10)11(2,3)4/h5-7H,1-4H3,(H,13,14,15)/t7-/m0/s1. The fourth-order valence-corrected chi connectivity index (χ4v) is 2.08. The van der Waals surface area contributed by atoms with Gasteiger partial charge in [-0.15, -0.1) is 5.10 Å². The van der Waals surface area contributed by atoms with Gasteiger partial charge in [-0.3, -0.25) is 0 Å². The molecule has 0 spiro atoms. The zero-order chi connectivity index (χ0) is 12.5. The largest absolute Gasteiger partial charge is 0.444 e. The van der Waals surface area contributed by atoms with Crippen LogP contribution in [0.2, 0.25) is 0 Å². The van der Waals surface area contributed by atoms with Crippen molar-refractivity contribution in [2.24, 2.45) is 0 Å². The molecule has 0 saturated heterocycles. The van der Waals surface area contributed by atoms with Crippen LogP contribution >= 0.6 is 11.8 Å². The highest BCUT2D eigenvalue weighted by molar-refractivity contribution is 7.99. The molecule has 0 aliphatic rings. The summed E-state index contributed by atoms with van der Waals surface area (Å²) in [6, 6.07) is 0. The molecule has 0 radical (unpaired) electrons. The van der Waals surface area contributed by atoms with Gasteiger partial charge in [0.15, 0.2) is 0 Å².